The van der Waals surface area contributed by atoms with Crippen molar-refractivity contribution < 1.29 is 63.5 Å². The van der Waals surface area contributed by atoms with E-state index in [0.29, 0.717) is 30.9 Å². The van der Waals surface area contributed by atoms with Crippen molar-refractivity contribution in [1.29, 1.82) is 0 Å². The van der Waals surface area contributed by atoms with Gasteiger partial charge in [0.25, 0.3) is 5.91 Å². The van der Waals surface area contributed by atoms with Crippen LogP contribution in [-0.2, 0) is 40.3 Å². The summed E-state index contributed by atoms with van der Waals surface area (Å²) in [6.07, 6.45) is -5.70. The van der Waals surface area contributed by atoms with Gasteiger partial charge in [-0.2, -0.15) is 0 Å². The molecule has 0 aliphatic carbocycles. The highest BCUT2D eigenvalue weighted by atomic mass is 16.7. The molecule has 0 bridgehead atoms. The van der Waals surface area contributed by atoms with E-state index in [1.165, 1.54) is 14.0 Å². The quantitative estimate of drug-likeness (QED) is 0.176. The fourth-order valence-electron chi connectivity index (χ4n) is 10.2. The van der Waals surface area contributed by atoms with Crippen LogP contribution in [0.25, 0.3) is 0 Å². The summed E-state index contributed by atoms with van der Waals surface area (Å²) in [5.41, 5.74) is -3.41. The van der Waals surface area contributed by atoms with Gasteiger partial charge < -0.3 is 68.7 Å². The maximum absolute atomic E-state index is 14.4. The number of ether oxygens (including phenoxy) is 6. The second-order valence-electron chi connectivity index (χ2n) is 19.9. The van der Waals surface area contributed by atoms with E-state index in [1.807, 2.05) is 50.7 Å². The number of carbonyl (C=O) groups excluding carboxylic acids is 2. The zero-order valence-electron chi connectivity index (χ0n) is 41.1. The number of allylic oxidation sites excluding steroid dienone is 1. The highest BCUT2D eigenvalue weighted by Crippen LogP contribution is 2.40. The second kappa shape index (κ2) is 22.1. The lowest BCUT2D eigenvalue weighted by Gasteiger charge is -2.49. The van der Waals surface area contributed by atoms with Gasteiger partial charge in [-0.25, -0.2) is 0 Å². The number of esters is 1. The summed E-state index contributed by atoms with van der Waals surface area (Å²) in [6.45, 7) is 20.0. The molecule has 1 aromatic rings. The van der Waals surface area contributed by atoms with Crippen LogP contribution in [0.1, 0.15) is 112 Å². The lowest BCUT2D eigenvalue weighted by molar-refractivity contribution is -0.318. The number of cyclic esters (lactones) is 1. The third-order valence-corrected chi connectivity index (χ3v) is 14.3. The average molecular weight is 911 g/mol. The molecule has 368 valence electrons. The number of aryl methyl sites for hydroxylation is 1. The molecule has 3 aliphatic rings. The van der Waals surface area contributed by atoms with Gasteiger partial charge in [-0.05, 0) is 107 Å². The number of nitrogens with one attached hydrogen (secondary N) is 1. The maximum atomic E-state index is 14.4. The van der Waals surface area contributed by atoms with Gasteiger partial charge in [0.2, 0.25) is 0 Å². The summed E-state index contributed by atoms with van der Waals surface area (Å²) in [7, 11) is 6.98. The van der Waals surface area contributed by atoms with Crippen LogP contribution >= 0.6 is 0 Å². The van der Waals surface area contributed by atoms with Crippen LogP contribution in [-0.4, -0.2) is 176 Å². The van der Waals surface area contributed by atoms with E-state index < -0.39 is 108 Å². The van der Waals surface area contributed by atoms with Crippen molar-refractivity contribution >= 4 is 11.9 Å². The molecule has 3 saturated heterocycles. The largest absolute Gasteiger partial charge is 0.459 e. The van der Waals surface area contributed by atoms with Crippen LogP contribution in [0.3, 0.4) is 0 Å². The lowest BCUT2D eigenvalue weighted by Crippen LogP contribution is -2.61. The van der Waals surface area contributed by atoms with Crippen molar-refractivity contribution in [3.8, 4) is 0 Å². The van der Waals surface area contributed by atoms with Crippen molar-refractivity contribution in [3.63, 3.8) is 0 Å². The SMILES string of the molecule is C/C=C(/CN(C)[C@H]1C[C@@H](C)O[C@@H](O[C@@H]2[C@@H](C)[C@H](O[C@H]3C[C@@](C)(OC)[C@@H](O)[C@H](C)O3)[C@@H](C)C(=O)O[C@H](CC)[C@@](C)(O)[C@H](O)[C@@H](C)N(C)C[C@H](C)C[C@@]2(C)O)[C@@H]1O)NC(=O)c1cccn1C. The minimum atomic E-state index is -1.84. The highest BCUT2D eigenvalue weighted by molar-refractivity contribution is 5.93. The van der Waals surface area contributed by atoms with Crippen molar-refractivity contribution in [2.75, 3.05) is 34.3 Å². The Kier molecular flexibility index (Phi) is 18.6. The van der Waals surface area contributed by atoms with Gasteiger partial charge in [-0.1, -0.05) is 26.8 Å². The summed E-state index contributed by atoms with van der Waals surface area (Å²) in [6, 6.07) is 2.45. The van der Waals surface area contributed by atoms with E-state index in [9.17, 15) is 35.1 Å². The number of hydrogen-bond acceptors (Lipinski definition) is 15. The number of aliphatic hydroxyl groups excluding tert-OH is 3. The number of nitrogens with zero attached hydrogens (tertiary/aromatic N) is 3. The van der Waals surface area contributed by atoms with Gasteiger partial charge >= 0.3 is 5.97 Å². The molecule has 3 aliphatic heterocycles. The Hall–Kier alpha value is -2.52. The molecule has 0 spiro atoms. The molecular weight excluding hydrogens is 829 g/mol. The molecule has 1 amide bonds. The first-order valence-corrected chi connectivity index (χ1v) is 23.1. The third kappa shape index (κ3) is 12.3. The second-order valence-corrected chi connectivity index (χ2v) is 19.9. The van der Waals surface area contributed by atoms with Crippen LogP contribution < -0.4 is 5.32 Å². The zero-order valence-corrected chi connectivity index (χ0v) is 41.1. The molecule has 64 heavy (non-hydrogen) atoms. The van der Waals surface area contributed by atoms with Gasteiger partial charge in [-0.15, -0.1) is 0 Å². The van der Waals surface area contributed by atoms with Crippen LogP contribution in [0.5, 0.6) is 0 Å². The molecule has 0 radical (unpaired) electrons. The van der Waals surface area contributed by atoms with Gasteiger partial charge in [0.05, 0.1) is 41.5 Å². The molecule has 18 atom stereocenters. The molecule has 3 fully saturated rings. The number of aliphatic hydroxyl groups is 5. The molecule has 0 aromatic carbocycles. The summed E-state index contributed by atoms with van der Waals surface area (Å²) in [5, 5.41) is 62.4. The molecule has 0 saturated carbocycles. The standard InChI is InChI=1S/C47H82N4O13/c1-16-32(48-42(55)33-19-18-20-49(33)12)25-51(14)34-21-27(4)60-44(37(34)52)64-41-28(5)38(63-36-23-46(10,59-15)40(54)31(8)61-36)29(6)43(56)62-35(17-2)47(11,58)39(53)30(7)50(13)24-26(3)22-45(41,9)57/h16,18-20,26-31,34-41,44,52-54,57-58H,17,21-25H2,1-15H3,(H,48,55)/b32-16-/t26-,27-,28+,29-,30-,31+,34+,35-,36+,37-,38+,39-,40+,41-,44+,45-,46-,47-/m1/s1. The van der Waals surface area contributed by atoms with Crippen LogP contribution in [0, 0.1) is 17.8 Å². The topological polar surface area (TPSA) is 214 Å². The van der Waals surface area contributed by atoms with Gasteiger partial charge in [0, 0.05) is 63.6 Å². The predicted molar refractivity (Wildman–Crippen MR) is 240 cm³/mol. The normalized spacial score (nSPS) is 42.7. The average Bonchev–Trinajstić information content (AvgIpc) is 3.67. The van der Waals surface area contributed by atoms with Crippen LogP contribution in [0.2, 0.25) is 0 Å². The predicted octanol–water partition coefficient (Wildman–Crippen LogP) is 2.94. The number of methoxy groups -OCH3 is 1. The minimum Gasteiger partial charge on any atom is -0.459 e. The number of carbonyl (C=O) groups is 2. The van der Waals surface area contributed by atoms with Crippen LogP contribution in [0.15, 0.2) is 30.1 Å². The molecule has 6 N–H and O–H groups in total. The Morgan fingerprint density at radius 3 is 2.25 bits per heavy atom. The maximum Gasteiger partial charge on any atom is 0.311 e. The summed E-state index contributed by atoms with van der Waals surface area (Å²) < 4.78 is 39.9. The van der Waals surface area contributed by atoms with Gasteiger partial charge in [0.15, 0.2) is 12.6 Å². The summed E-state index contributed by atoms with van der Waals surface area (Å²) >= 11 is 0. The number of amides is 1. The first kappa shape index (κ1) is 54.1. The van der Waals surface area contributed by atoms with E-state index >= 15 is 0 Å². The molecular formula is C47H82N4O13. The first-order valence-electron chi connectivity index (χ1n) is 23.1. The van der Waals surface area contributed by atoms with Crippen molar-refractivity contribution in [2.24, 2.45) is 24.8 Å². The third-order valence-electron chi connectivity index (χ3n) is 14.3. The van der Waals surface area contributed by atoms with E-state index in [2.05, 4.69) is 5.32 Å². The van der Waals surface area contributed by atoms with E-state index in [-0.39, 0.29) is 31.1 Å². The Labute approximate surface area is 381 Å². The van der Waals surface area contributed by atoms with Crippen molar-refractivity contribution in [1.82, 2.24) is 19.7 Å². The molecule has 4 rings (SSSR count). The minimum absolute atomic E-state index is 0.0947. The highest BCUT2D eigenvalue weighted by Gasteiger charge is 2.53. The fraction of sp³-hybridized carbons (Fsp3) is 0.830. The fourth-order valence-corrected chi connectivity index (χ4v) is 10.2. The number of aromatic nitrogens is 1. The monoisotopic (exact) mass is 911 g/mol. The summed E-state index contributed by atoms with van der Waals surface area (Å²) in [5.74, 6) is -3.08. The zero-order chi connectivity index (χ0) is 48.2. The Morgan fingerprint density at radius 1 is 1.02 bits per heavy atom. The molecule has 4 heterocycles. The first-order chi connectivity index (χ1) is 29.7. The van der Waals surface area contributed by atoms with Crippen molar-refractivity contribution in [2.45, 2.75) is 192 Å². The Bertz CT molecular complexity index is 1710. The Morgan fingerprint density at radius 2 is 1.67 bits per heavy atom. The molecule has 0 unspecified atom stereocenters. The van der Waals surface area contributed by atoms with E-state index in [4.69, 9.17) is 28.4 Å². The Balaban J connectivity index is 1.76. The van der Waals surface area contributed by atoms with Gasteiger partial charge in [-0.3, -0.25) is 14.5 Å². The molecule has 17 heteroatoms. The smallest absolute Gasteiger partial charge is 0.311 e. The summed E-state index contributed by atoms with van der Waals surface area (Å²) in [4.78, 5) is 31.4. The van der Waals surface area contributed by atoms with Gasteiger partial charge in [0.1, 0.15) is 35.7 Å². The van der Waals surface area contributed by atoms with E-state index in [1.54, 1.807) is 78.4 Å². The molecule has 1 aromatic heterocycles. The molecule has 17 nitrogen and oxygen atoms in total. The van der Waals surface area contributed by atoms with E-state index in [0.717, 1.165) is 0 Å². The van der Waals surface area contributed by atoms with Crippen molar-refractivity contribution in [3.05, 3.63) is 35.8 Å². The van der Waals surface area contributed by atoms with Crippen LogP contribution in [0.4, 0.5) is 0 Å². The number of rotatable bonds is 11. The number of hydrogen-bond donors (Lipinski definition) is 6. The lowest BCUT2D eigenvalue weighted by atomic mass is 9.77. The number of likely N-dealkylation sites (N-methyl/N-ethyl adjacent to an activating group) is 2.